The van der Waals surface area contributed by atoms with E-state index in [1.165, 1.54) is 11.1 Å². The van der Waals surface area contributed by atoms with Crippen molar-refractivity contribution >= 4 is 17.7 Å². The number of aliphatic imine (C=N–C) groups is 1. The highest BCUT2D eigenvalue weighted by Gasteiger charge is 2.00. The van der Waals surface area contributed by atoms with Crippen molar-refractivity contribution in [1.82, 2.24) is 15.5 Å². The average Bonchev–Trinajstić information content (AvgIpc) is 2.42. The van der Waals surface area contributed by atoms with Crippen LogP contribution in [-0.2, 0) is 13.1 Å². The van der Waals surface area contributed by atoms with Gasteiger partial charge in [0.15, 0.2) is 5.96 Å². The zero-order chi connectivity index (χ0) is 14.8. The van der Waals surface area contributed by atoms with Crippen LogP contribution < -0.4 is 10.6 Å². The van der Waals surface area contributed by atoms with Gasteiger partial charge in [-0.1, -0.05) is 24.3 Å². The normalized spacial score (nSPS) is 11.8. The fourth-order valence-electron chi connectivity index (χ4n) is 1.88. The Morgan fingerprint density at radius 1 is 1.25 bits per heavy atom. The SMILES string of the molecule is CN=C(NCCSC)NCc1cccc(CN(C)C)c1. The average molecular weight is 294 g/mol. The second-order valence-corrected chi connectivity index (χ2v) is 5.89. The summed E-state index contributed by atoms with van der Waals surface area (Å²) in [4.78, 5) is 6.40. The van der Waals surface area contributed by atoms with Crippen LogP contribution in [0.25, 0.3) is 0 Å². The first-order chi connectivity index (χ1) is 9.65. The highest BCUT2D eigenvalue weighted by Crippen LogP contribution is 2.06. The van der Waals surface area contributed by atoms with E-state index in [1.807, 2.05) is 11.8 Å². The summed E-state index contributed by atoms with van der Waals surface area (Å²) in [6.45, 7) is 2.69. The number of benzene rings is 1. The minimum absolute atomic E-state index is 0.792. The lowest BCUT2D eigenvalue weighted by Gasteiger charge is -2.13. The van der Waals surface area contributed by atoms with E-state index < -0.39 is 0 Å². The van der Waals surface area contributed by atoms with Crippen molar-refractivity contribution in [2.24, 2.45) is 4.99 Å². The number of rotatable bonds is 7. The Balaban J connectivity index is 2.47. The van der Waals surface area contributed by atoms with Crippen LogP contribution in [0.3, 0.4) is 0 Å². The maximum Gasteiger partial charge on any atom is 0.191 e. The summed E-state index contributed by atoms with van der Waals surface area (Å²) in [6, 6.07) is 8.65. The van der Waals surface area contributed by atoms with E-state index in [0.717, 1.165) is 31.3 Å². The van der Waals surface area contributed by atoms with Gasteiger partial charge in [-0.05, 0) is 31.5 Å². The Morgan fingerprint density at radius 2 is 2.00 bits per heavy atom. The number of hydrogen-bond acceptors (Lipinski definition) is 3. The van der Waals surface area contributed by atoms with Gasteiger partial charge < -0.3 is 15.5 Å². The van der Waals surface area contributed by atoms with Crippen molar-refractivity contribution < 1.29 is 0 Å². The molecule has 0 unspecified atom stereocenters. The smallest absolute Gasteiger partial charge is 0.191 e. The van der Waals surface area contributed by atoms with Gasteiger partial charge in [0.1, 0.15) is 0 Å². The van der Waals surface area contributed by atoms with Crippen LogP contribution in [0.4, 0.5) is 0 Å². The molecule has 0 aliphatic heterocycles. The molecule has 1 rings (SSSR count). The van der Waals surface area contributed by atoms with Crippen molar-refractivity contribution in [2.45, 2.75) is 13.1 Å². The van der Waals surface area contributed by atoms with Gasteiger partial charge in [0.2, 0.25) is 0 Å². The van der Waals surface area contributed by atoms with Crippen LogP contribution >= 0.6 is 11.8 Å². The maximum absolute atomic E-state index is 4.22. The Bertz CT molecular complexity index is 418. The lowest BCUT2D eigenvalue weighted by molar-refractivity contribution is 0.402. The van der Waals surface area contributed by atoms with Gasteiger partial charge >= 0.3 is 0 Å². The molecule has 1 aromatic rings. The molecule has 0 fully saturated rings. The fourth-order valence-corrected chi connectivity index (χ4v) is 2.19. The molecule has 5 heteroatoms. The highest BCUT2D eigenvalue weighted by molar-refractivity contribution is 7.98. The molecule has 2 N–H and O–H groups in total. The molecule has 0 amide bonds. The Kier molecular flexibility index (Phi) is 8.14. The van der Waals surface area contributed by atoms with Crippen molar-refractivity contribution in [3.63, 3.8) is 0 Å². The predicted octanol–water partition coefficient (Wildman–Crippen LogP) is 1.78. The molecule has 0 saturated heterocycles. The lowest BCUT2D eigenvalue weighted by Crippen LogP contribution is -2.37. The van der Waals surface area contributed by atoms with Crippen LogP contribution in [0, 0.1) is 0 Å². The van der Waals surface area contributed by atoms with E-state index in [-0.39, 0.29) is 0 Å². The minimum Gasteiger partial charge on any atom is -0.356 e. The van der Waals surface area contributed by atoms with Gasteiger partial charge in [-0.3, -0.25) is 4.99 Å². The fraction of sp³-hybridized carbons (Fsp3) is 0.533. The van der Waals surface area contributed by atoms with E-state index >= 15 is 0 Å². The second-order valence-electron chi connectivity index (χ2n) is 4.90. The molecule has 0 heterocycles. The van der Waals surface area contributed by atoms with Gasteiger partial charge in [0.05, 0.1) is 0 Å². The van der Waals surface area contributed by atoms with Crippen molar-refractivity contribution in [2.75, 3.05) is 39.7 Å². The number of thioether (sulfide) groups is 1. The van der Waals surface area contributed by atoms with Crippen LogP contribution in [-0.4, -0.2) is 50.6 Å². The second kappa shape index (κ2) is 9.66. The van der Waals surface area contributed by atoms with Gasteiger partial charge in [0.25, 0.3) is 0 Å². The first kappa shape index (κ1) is 16.9. The van der Waals surface area contributed by atoms with Crippen molar-refractivity contribution in [3.8, 4) is 0 Å². The van der Waals surface area contributed by atoms with E-state index in [4.69, 9.17) is 0 Å². The molecule has 0 aliphatic rings. The molecule has 20 heavy (non-hydrogen) atoms. The molecule has 0 aliphatic carbocycles. The quantitative estimate of drug-likeness (QED) is 0.457. The molecule has 4 nitrogen and oxygen atoms in total. The molecule has 0 saturated carbocycles. The van der Waals surface area contributed by atoms with E-state index in [0.29, 0.717) is 0 Å². The third kappa shape index (κ3) is 6.82. The molecule has 0 radical (unpaired) electrons. The van der Waals surface area contributed by atoms with Crippen LogP contribution in [0.2, 0.25) is 0 Å². The summed E-state index contributed by atoms with van der Waals surface area (Å²) >= 11 is 1.83. The Hall–Kier alpha value is -1.20. The molecule has 0 atom stereocenters. The maximum atomic E-state index is 4.22. The Morgan fingerprint density at radius 3 is 2.65 bits per heavy atom. The molecule has 0 aromatic heterocycles. The third-order valence-electron chi connectivity index (χ3n) is 2.77. The first-order valence-electron chi connectivity index (χ1n) is 6.81. The van der Waals surface area contributed by atoms with E-state index in [2.05, 4.69) is 65.1 Å². The summed E-state index contributed by atoms with van der Waals surface area (Å²) in [5, 5.41) is 6.64. The Labute approximate surface area is 127 Å². The molecular weight excluding hydrogens is 268 g/mol. The summed E-state index contributed by atoms with van der Waals surface area (Å²) in [5.41, 5.74) is 2.61. The predicted molar refractivity (Wildman–Crippen MR) is 90.4 cm³/mol. The summed E-state index contributed by atoms with van der Waals surface area (Å²) in [6.07, 6.45) is 2.11. The van der Waals surface area contributed by atoms with Gasteiger partial charge in [-0.25, -0.2) is 0 Å². The molecular formula is C15H26N4S. The number of nitrogens with zero attached hydrogens (tertiary/aromatic N) is 2. The largest absolute Gasteiger partial charge is 0.356 e. The zero-order valence-corrected chi connectivity index (χ0v) is 13.8. The van der Waals surface area contributed by atoms with Gasteiger partial charge in [-0.15, -0.1) is 0 Å². The van der Waals surface area contributed by atoms with Gasteiger partial charge in [0, 0.05) is 32.4 Å². The summed E-state index contributed by atoms with van der Waals surface area (Å²) in [7, 11) is 5.97. The molecule has 112 valence electrons. The number of hydrogen-bond donors (Lipinski definition) is 2. The van der Waals surface area contributed by atoms with Crippen molar-refractivity contribution in [3.05, 3.63) is 35.4 Å². The highest BCUT2D eigenvalue weighted by atomic mass is 32.2. The summed E-state index contributed by atoms with van der Waals surface area (Å²) < 4.78 is 0. The number of nitrogens with one attached hydrogen (secondary N) is 2. The van der Waals surface area contributed by atoms with Crippen molar-refractivity contribution in [1.29, 1.82) is 0 Å². The van der Waals surface area contributed by atoms with Gasteiger partial charge in [-0.2, -0.15) is 11.8 Å². The van der Waals surface area contributed by atoms with E-state index in [9.17, 15) is 0 Å². The number of guanidine groups is 1. The van der Waals surface area contributed by atoms with Crippen LogP contribution in [0.5, 0.6) is 0 Å². The molecule has 1 aromatic carbocycles. The third-order valence-corrected chi connectivity index (χ3v) is 3.38. The van der Waals surface area contributed by atoms with E-state index in [1.54, 1.807) is 7.05 Å². The topological polar surface area (TPSA) is 39.7 Å². The van der Waals surface area contributed by atoms with Crippen LogP contribution in [0.1, 0.15) is 11.1 Å². The lowest BCUT2D eigenvalue weighted by atomic mass is 10.1. The monoisotopic (exact) mass is 294 g/mol. The zero-order valence-electron chi connectivity index (χ0n) is 12.9. The molecule has 0 bridgehead atoms. The summed E-state index contributed by atoms with van der Waals surface area (Å²) in [5.74, 6) is 1.94. The minimum atomic E-state index is 0.792. The molecule has 0 spiro atoms. The standard InChI is InChI=1S/C15H26N4S/c1-16-15(17-8-9-20-4)18-11-13-6-5-7-14(10-13)12-19(2)3/h5-7,10H,8-9,11-12H2,1-4H3,(H2,16,17,18). The van der Waals surface area contributed by atoms with Crippen LogP contribution in [0.15, 0.2) is 29.3 Å². The first-order valence-corrected chi connectivity index (χ1v) is 8.21.